The Bertz CT molecular complexity index is 434. The molecule has 20 heavy (non-hydrogen) atoms. The molecule has 0 N–H and O–H groups in total. The Hall–Kier alpha value is -1.51. The molecule has 0 aliphatic heterocycles. The van der Waals surface area contributed by atoms with E-state index in [4.69, 9.17) is 4.74 Å². The fourth-order valence-corrected chi connectivity index (χ4v) is 2.88. The van der Waals surface area contributed by atoms with Gasteiger partial charge < -0.3 is 9.64 Å². The monoisotopic (exact) mass is 275 g/mol. The van der Waals surface area contributed by atoms with Gasteiger partial charge in [-0.25, -0.2) is 0 Å². The van der Waals surface area contributed by atoms with Crippen LogP contribution in [0.25, 0.3) is 0 Å². The van der Waals surface area contributed by atoms with Crippen molar-refractivity contribution in [3.8, 4) is 5.75 Å². The van der Waals surface area contributed by atoms with Crippen LogP contribution in [0.15, 0.2) is 24.3 Å². The molecule has 0 amide bonds. The van der Waals surface area contributed by atoms with Crippen LogP contribution in [0.1, 0.15) is 39.5 Å². The summed E-state index contributed by atoms with van der Waals surface area (Å²) in [6, 6.07) is 8.02. The Kier molecular flexibility index (Phi) is 5.45. The van der Waals surface area contributed by atoms with Crippen molar-refractivity contribution >= 4 is 11.5 Å². The quantitative estimate of drug-likeness (QED) is 0.760. The number of ketones is 1. The van der Waals surface area contributed by atoms with Gasteiger partial charge >= 0.3 is 0 Å². The zero-order valence-corrected chi connectivity index (χ0v) is 12.6. The van der Waals surface area contributed by atoms with Gasteiger partial charge in [0.1, 0.15) is 12.4 Å². The average Bonchev–Trinajstić information content (AvgIpc) is 3.01. The molecule has 0 bridgehead atoms. The second-order valence-corrected chi connectivity index (χ2v) is 5.41. The van der Waals surface area contributed by atoms with E-state index in [1.54, 1.807) is 0 Å². The van der Waals surface area contributed by atoms with Crippen LogP contribution in [-0.2, 0) is 4.79 Å². The predicted octanol–water partition coefficient (Wildman–Crippen LogP) is 3.67. The van der Waals surface area contributed by atoms with Gasteiger partial charge in [0.25, 0.3) is 0 Å². The first kappa shape index (κ1) is 14.9. The van der Waals surface area contributed by atoms with Gasteiger partial charge in [-0.1, -0.05) is 18.9 Å². The Balaban J connectivity index is 1.92. The highest BCUT2D eigenvalue weighted by atomic mass is 16.5. The van der Waals surface area contributed by atoms with Crippen molar-refractivity contribution in [3.05, 3.63) is 24.3 Å². The van der Waals surface area contributed by atoms with Crippen LogP contribution in [0, 0.1) is 5.92 Å². The van der Waals surface area contributed by atoms with E-state index >= 15 is 0 Å². The van der Waals surface area contributed by atoms with Crippen LogP contribution < -0.4 is 9.64 Å². The topological polar surface area (TPSA) is 29.5 Å². The van der Waals surface area contributed by atoms with Gasteiger partial charge in [-0.3, -0.25) is 4.79 Å². The number of carbonyl (C=O) groups excluding carboxylic acids is 1. The van der Waals surface area contributed by atoms with Gasteiger partial charge in [0.15, 0.2) is 5.78 Å². The predicted molar refractivity (Wildman–Crippen MR) is 82.5 cm³/mol. The average molecular weight is 275 g/mol. The number of ether oxygens (including phenoxy) is 1. The van der Waals surface area contributed by atoms with E-state index in [2.05, 4.69) is 24.8 Å². The molecule has 0 saturated heterocycles. The number of carbonyl (C=O) groups is 1. The van der Waals surface area contributed by atoms with E-state index in [1.807, 2.05) is 18.2 Å². The molecule has 1 saturated carbocycles. The molecule has 3 nitrogen and oxygen atoms in total. The lowest BCUT2D eigenvalue weighted by Crippen LogP contribution is -2.22. The van der Waals surface area contributed by atoms with Crippen LogP contribution in [0.5, 0.6) is 5.75 Å². The molecule has 1 aromatic rings. The van der Waals surface area contributed by atoms with Crippen molar-refractivity contribution in [1.82, 2.24) is 0 Å². The molecule has 0 radical (unpaired) electrons. The van der Waals surface area contributed by atoms with Crippen LogP contribution in [0.4, 0.5) is 5.69 Å². The minimum Gasteiger partial charge on any atom is -0.486 e. The third kappa shape index (κ3) is 3.75. The Morgan fingerprint density at radius 2 is 1.95 bits per heavy atom. The van der Waals surface area contributed by atoms with E-state index < -0.39 is 0 Å². The molecule has 2 rings (SSSR count). The highest BCUT2D eigenvalue weighted by Gasteiger charge is 2.22. The van der Waals surface area contributed by atoms with Crippen LogP contribution in [0.2, 0.25) is 0 Å². The first-order chi connectivity index (χ1) is 9.74. The van der Waals surface area contributed by atoms with E-state index in [0.717, 1.165) is 37.4 Å². The molecular weight excluding hydrogens is 250 g/mol. The number of hydrogen-bond acceptors (Lipinski definition) is 3. The molecular formula is C17H25NO2. The Morgan fingerprint density at radius 3 is 2.60 bits per heavy atom. The fourth-order valence-electron chi connectivity index (χ4n) is 2.88. The van der Waals surface area contributed by atoms with Crippen LogP contribution >= 0.6 is 0 Å². The van der Waals surface area contributed by atoms with E-state index in [-0.39, 0.29) is 18.3 Å². The van der Waals surface area contributed by atoms with Gasteiger partial charge in [0.2, 0.25) is 0 Å². The summed E-state index contributed by atoms with van der Waals surface area (Å²) in [6.45, 7) is 6.44. The summed E-state index contributed by atoms with van der Waals surface area (Å²) in [5.74, 6) is 1.29. The summed E-state index contributed by atoms with van der Waals surface area (Å²) < 4.78 is 5.68. The van der Waals surface area contributed by atoms with Gasteiger partial charge in [-0.15, -0.1) is 0 Å². The van der Waals surface area contributed by atoms with Gasteiger partial charge in [-0.05, 0) is 38.8 Å². The van der Waals surface area contributed by atoms with E-state index in [1.165, 1.54) is 12.8 Å². The van der Waals surface area contributed by atoms with E-state index in [0.29, 0.717) is 0 Å². The second-order valence-electron chi connectivity index (χ2n) is 5.41. The zero-order chi connectivity index (χ0) is 14.4. The van der Waals surface area contributed by atoms with Crippen molar-refractivity contribution in [2.24, 2.45) is 5.92 Å². The fraction of sp³-hybridized carbons (Fsp3) is 0.588. The largest absolute Gasteiger partial charge is 0.486 e. The normalized spacial score (nSPS) is 15.3. The zero-order valence-electron chi connectivity index (χ0n) is 12.6. The van der Waals surface area contributed by atoms with Gasteiger partial charge in [-0.2, -0.15) is 0 Å². The maximum atomic E-state index is 12.0. The van der Waals surface area contributed by atoms with Crippen molar-refractivity contribution in [2.45, 2.75) is 39.5 Å². The smallest absolute Gasteiger partial charge is 0.173 e. The number of benzene rings is 1. The van der Waals surface area contributed by atoms with Gasteiger partial charge in [0.05, 0.1) is 0 Å². The summed E-state index contributed by atoms with van der Waals surface area (Å²) in [7, 11) is 0. The molecule has 1 aromatic carbocycles. The second kappa shape index (κ2) is 7.32. The lowest BCUT2D eigenvalue weighted by molar-refractivity contribution is -0.124. The maximum Gasteiger partial charge on any atom is 0.173 e. The highest BCUT2D eigenvalue weighted by molar-refractivity contribution is 5.82. The molecule has 0 unspecified atom stereocenters. The lowest BCUT2D eigenvalue weighted by atomic mass is 10.0. The van der Waals surface area contributed by atoms with Crippen LogP contribution in [-0.4, -0.2) is 25.5 Å². The molecule has 0 aromatic heterocycles. The number of rotatable bonds is 7. The summed E-state index contributed by atoms with van der Waals surface area (Å²) in [6.07, 6.45) is 4.46. The SMILES string of the molecule is CCN(CC)c1cccc(OCC(=O)C2CCCC2)c1. The summed E-state index contributed by atoms with van der Waals surface area (Å²) in [4.78, 5) is 14.3. The van der Waals surface area contributed by atoms with Crippen molar-refractivity contribution in [3.63, 3.8) is 0 Å². The minimum atomic E-state index is 0.215. The van der Waals surface area contributed by atoms with Crippen molar-refractivity contribution in [1.29, 1.82) is 0 Å². The Morgan fingerprint density at radius 1 is 1.25 bits per heavy atom. The number of anilines is 1. The number of Topliss-reactive ketones (excluding diaryl/α,β-unsaturated/α-hetero) is 1. The van der Waals surface area contributed by atoms with Crippen molar-refractivity contribution < 1.29 is 9.53 Å². The standard InChI is InChI=1S/C17H25NO2/c1-3-18(4-2)15-10-7-11-16(12-15)20-13-17(19)14-8-5-6-9-14/h7,10-12,14H,3-6,8-9,13H2,1-2H3. The Labute approximate surface area is 121 Å². The first-order valence-corrected chi connectivity index (χ1v) is 7.75. The molecule has 1 fully saturated rings. The summed E-state index contributed by atoms with van der Waals surface area (Å²) >= 11 is 0. The molecule has 1 aliphatic carbocycles. The molecule has 3 heteroatoms. The molecule has 0 spiro atoms. The molecule has 1 aliphatic rings. The summed E-state index contributed by atoms with van der Waals surface area (Å²) in [5.41, 5.74) is 1.15. The lowest BCUT2D eigenvalue weighted by Gasteiger charge is -2.21. The highest BCUT2D eigenvalue weighted by Crippen LogP contribution is 2.26. The van der Waals surface area contributed by atoms with Crippen LogP contribution in [0.3, 0.4) is 0 Å². The third-order valence-corrected chi connectivity index (χ3v) is 4.14. The molecule has 0 heterocycles. The van der Waals surface area contributed by atoms with E-state index in [9.17, 15) is 4.79 Å². The third-order valence-electron chi connectivity index (χ3n) is 4.14. The molecule has 0 atom stereocenters. The number of nitrogens with zero attached hydrogens (tertiary/aromatic N) is 1. The molecule has 110 valence electrons. The van der Waals surface area contributed by atoms with Crippen molar-refractivity contribution in [2.75, 3.05) is 24.6 Å². The summed E-state index contributed by atoms with van der Waals surface area (Å²) in [5, 5.41) is 0. The first-order valence-electron chi connectivity index (χ1n) is 7.75. The minimum absolute atomic E-state index is 0.215. The maximum absolute atomic E-state index is 12.0. The number of hydrogen-bond donors (Lipinski definition) is 0. The van der Waals surface area contributed by atoms with Gasteiger partial charge in [0, 0.05) is 30.8 Å².